The molecule has 0 aromatic heterocycles. The Labute approximate surface area is 123 Å². The quantitative estimate of drug-likeness (QED) is 0.802. The molecule has 1 saturated heterocycles. The van der Waals surface area contributed by atoms with Crippen molar-refractivity contribution in [3.63, 3.8) is 0 Å². The van der Waals surface area contributed by atoms with Crippen molar-refractivity contribution in [3.05, 3.63) is 29.6 Å². The van der Waals surface area contributed by atoms with Crippen LogP contribution in [-0.4, -0.2) is 35.8 Å². The van der Waals surface area contributed by atoms with Crippen molar-refractivity contribution in [2.75, 3.05) is 13.1 Å². The van der Waals surface area contributed by atoms with Gasteiger partial charge in [0.15, 0.2) is 11.9 Å². The molecule has 0 saturated carbocycles. The number of Topliss-reactive ketones (excluding diaryl/α,β-unsaturated/α-hetero) is 1. The molecule has 1 aromatic rings. The van der Waals surface area contributed by atoms with E-state index in [-0.39, 0.29) is 23.0 Å². The number of halogens is 1. The first-order chi connectivity index (χ1) is 9.99. The monoisotopic (exact) mass is 293 g/mol. The lowest BCUT2D eigenvalue weighted by atomic mass is 10.1. The van der Waals surface area contributed by atoms with Crippen LogP contribution in [0, 0.1) is 5.82 Å². The van der Waals surface area contributed by atoms with Gasteiger partial charge in [0.05, 0.1) is 5.56 Å². The predicted molar refractivity (Wildman–Crippen MR) is 76.9 cm³/mol. The van der Waals surface area contributed by atoms with E-state index in [0.717, 1.165) is 38.4 Å². The number of carbonyl (C=O) groups excluding carboxylic acids is 2. The van der Waals surface area contributed by atoms with E-state index >= 15 is 0 Å². The molecule has 0 N–H and O–H groups in total. The van der Waals surface area contributed by atoms with Crippen molar-refractivity contribution < 1.29 is 18.7 Å². The molecule has 1 fully saturated rings. The van der Waals surface area contributed by atoms with Crippen LogP contribution in [0.5, 0.6) is 5.75 Å². The molecule has 2 rings (SSSR count). The second kappa shape index (κ2) is 6.70. The first kappa shape index (κ1) is 15.5. The van der Waals surface area contributed by atoms with Gasteiger partial charge in [0, 0.05) is 19.2 Å². The third-order valence-electron chi connectivity index (χ3n) is 3.64. The number of ketones is 1. The Bertz CT molecular complexity index is 538. The van der Waals surface area contributed by atoms with Crippen molar-refractivity contribution in [2.45, 2.75) is 39.2 Å². The van der Waals surface area contributed by atoms with Crippen molar-refractivity contribution in [1.29, 1.82) is 0 Å². The highest BCUT2D eigenvalue weighted by molar-refractivity contribution is 5.97. The molecule has 1 aromatic carbocycles. The lowest BCUT2D eigenvalue weighted by Gasteiger charge is -2.29. The average Bonchev–Trinajstić information content (AvgIpc) is 2.47. The minimum atomic E-state index is -0.733. The standard InChI is InChI=1S/C16H20FNO3/c1-11(19)14-7-6-13(17)10-15(14)21-12(2)16(20)18-8-4-3-5-9-18/h6-7,10,12H,3-5,8-9H2,1-2H3. The van der Waals surface area contributed by atoms with E-state index in [1.165, 1.54) is 19.1 Å². The molecule has 4 nitrogen and oxygen atoms in total. The minimum Gasteiger partial charge on any atom is -0.480 e. The first-order valence-corrected chi connectivity index (χ1v) is 7.25. The van der Waals surface area contributed by atoms with E-state index in [1.54, 1.807) is 11.8 Å². The van der Waals surface area contributed by atoms with Crippen molar-refractivity contribution in [2.24, 2.45) is 0 Å². The fourth-order valence-corrected chi connectivity index (χ4v) is 2.50. The summed E-state index contributed by atoms with van der Waals surface area (Å²) in [7, 11) is 0. The van der Waals surface area contributed by atoms with Crippen molar-refractivity contribution in [3.8, 4) is 5.75 Å². The van der Waals surface area contributed by atoms with Gasteiger partial charge in [-0.05, 0) is 45.2 Å². The minimum absolute atomic E-state index is 0.117. The molecule has 0 spiro atoms. The van der Waals surface area contributed by atoms with E-state index in [9.17, 15) is 14.0 Å². The van der Waals surface area contributed by atoms with Crippen molar-refractivity contribution in [1.82, 2.24) is 4.90 Å². The Morgan fingerprint density at radius 1 is 1.24 bits per heavy atom. The van der Waals surface area contributed by atoms with Crippen molar-refractivity contribution >= 4 is 11.7 Å². The zero-order valence-corrected chi connectivity index (χ0v) is 12.4. The van der Waals surface area contributed by atoms with Gasteiger partial charge < -0.3 is 9.64 Å². The fourth-order valence-electron chi connectivity index (χ4n) is 2.50. The summed E-state index contributed by atoms with van der Waals surface area (Å²) in [6.45, 7) is 4.48. The lowest BCUT2D eigenvalue weighted by Crippen LogP contribution is -2.43. The molecule has 1 aliphatic rings. The van der Waals surface area contributed by atoms with Gasteiger partial charge in [-0.3, -0.25) is 9.59 Å². The van der Waals surface area contributed by atoms with Gasteiger partial charge in [-0.2, -0.15) is 0 Å². The molecular weight excluding hydrogens is 273 g/mol. The zero-order chi connectivity index (χ0) is 15.4. The molecule has 1 aliphatic heterocycles. The van der Waals surface area contributed by atoms with Crippen LogP contribution < -0.4 is 4.74 Å². The maximum absolute atomic E-state index is 13.3. The van der Waals surface area contributed by atoms with Crippen LogP contribution in [0.2, 0.25) is 0 Å². The summed E-state index contributed by atoms with van der Waals surface area (Å²) in [6, 6.07) is 3.74. The number of carbonyl (C=O) groups is 2. The third-order valence-corrected chi connectivity index (χ3v) is 3.64. The summed E-state index contributed by atoms with van der Waals surface area (Å²) in [4.78, 5) is 25.6. The van der Waals surface area contributed by atoms with E-state index in [2.05, 4.69) is 0 Å². The first-order valence-electron chi connectivity index (χ1n) is 7.25. The van der Waals surface area contributed by atoms with Gasteiger partial charge in [-0.15, -0.1) is 0 Å². The van der Waals surface area contributed by atoms with Crippen LogP contribution in [-0.2, 0) is 4.79 Å². The molecule has 1 atom stereocenters. The van der Waals surface area contributed by atoms with Crippen LogP contribution in [0.4, 0.5) is 4.39 Å². The van der Waals surface area contributed by atoms with E-state index in [0.29, 0.717) is 0 Å². The number of hydrogen-bond acceptors (Lipinski definition) is 3. The highest BCUT2D eigenvalue weighted by Crippen LogP contribution is 2.22. The summed E-state index contributed by atoms with van der Waals surface area (Å²) < 4.78 is 18.9. The average molecular weight is 293 g/mol. The molecule has 0 bridgehead atoms. The van der Waals surface area contributed by atoms with Crippen LogP contribution in [0.15, 0.2) is 18.2 Å². The normalized spacial score (nSPS) is 16.4. The number of benzene rings is 1. The van der Waals surface area contributed by atoms with E-state index in [4.69, 9.17) is 4.74 Å². The molecule has 1 unspecified atom stereocenters. The van der Waals surface area contributed by atoms with E-state index < -0.39 is 11.9 Å². The Morgan fingerprint density at radius 3 is 2.52 bits per heavy atom. The fraction of sp³-hybridized carbons (Fsp3) is 0.500. The SMILES string of the molecule is CC(=O)c1ccc(F)cc1OC(C)C(=O)N1CCCCC1. The zero-order valence-electron chi connectivity index (χ0n) is 12.4. The highest BCUT2D eigenvalue weighted by atomic mass is 19.1. The smallest absolute Gasteiger partial charge is 0.263 e. The Kier molecular flexibility index (Phi) is 4.94. The summed E-state index contributed by atoms with van der Waals surface area (Å²) in [5.74, 6) is -0.705. The number of nitrogens with zero attached hydrogens (tertiary/aromatic N) is 1. The van der Waals surface area contributed by atoms with Crippen LogP contribution in [0.25, 0.3) is 0 Å². The topological polar surface area (TPSA) is 46.6 Å². The van der Waals surface area contributed by atoms with Crippen LogP contribution >= 0.6 is 0 Å². The maximum atomic E-state index is 13.3. The second-order valence-electron chi connectivity index (χ2n) is 5.34. The molecule has 5 heteroatoms. The van der Waals surface area contributed by atoms with E-state index in [1.807, 2.05) is 0 Å². The lowest BCUT2D eigenvalue weighted by molar-refractivity contribution is -0.138. The van der Waals surface area contributed by atoms with Crippen LogP contribution in [0.1, 0.15) is 43.5 Å². The number of likely N-dealkylation sites (tertiary alicyclic amines) is 1. The molecule has 21 heavy (non-hydrogen) atoms. The van der Waals surface area contributed by atoms with Gasteiger partial charge in [-0.25, -0.2) is 4.39 Å². The third kappa shape index (κ3) is 3.80. The number of rotatable bonds is 4. The molecule has 0 radical (unpaired) electrons. The molecule has 114 valence electrons. The van der Waals surface area contributed by atoms with Crippen LogP contribution in [0.3, 0.4) is 0 Å². The van der Waals surface area contributed by atoms with Gasteiger partial charge in [0.25, 0.3) is 5.91 Å². The maximum Gasteiger partial charge on any atom is 0.263 e. The number of amides is 1. The summed E-state index contributed by atoms with van der Waals surface area (Å²) >= 11 is 0. The highest BCUT2D eigenvalue weighted by Gasteiger charge is 2.24. The second-order valence-corrected chi connectivity index (χ2v) is 5.34. The Balaban J connectivity index is 2.11. The summed E-state index contributed by atoms with van der Waals surface area (Å²) in [5, 5.41) is 0. The van der Waals surface area contributed by atoms with Gasteiger partial charge in [0.2, 0.25) is 0 Å². The summed E-state index contributed by atoms with van der Waals surface area (Å²) in [5.41, 5.74) is 0.287. The van der Waals surface area contributed by atoms with Gasteiger partial charge in [-0.1, -0.05) is 0 Å². The molecule has 1 amide bonds. The number of hydrogen-bond donors (Lipinski definition) is 0. The number of ether oxygens (including phenoxy) is 1. The van der Waals surface area contributed by atoms with Gasteiger partial charge >= 0.3 is 0 Å². The molecule has 0 aliphatic carbocycles. The van der Waals surface area contributed by atoms with Gasteiger partial charge in [0.1, 0.15) is 11.6 Å². The number of piperidine rings is 1. The molecule has 1 heterocycles. The molecular formula is C16H20FNO3. The Morgan fingerprint density at radius 2 is 1.90 bits per heavy atom. The summed E-state index contributed by atoms with van der Waals surface area (Å²) in [6.07, 6.45) is 2.40. The predicted octanol–water partition coefficient (Wildman–Crippen LogP) is 2.81. The largest absolute Gasteiger partial charge is 0.480 e. The Hall–Kier alpha value is -1.91.